The van der Waals surface area contributed by atoms with Gasteiger partial charge in [-0.2, -0.15) is 0 Å². The first-order chi connectivity index (χ1) is 8.47. The molecule has 0 aromatic carbocycles. The summed E-state index contributed by atoms with van der Waals surface area (Å²) in [6.45, 7) is 5.87. The Bertz CT molecular complexity index is 312. The smallest absolute Gasteiger partial charge is 0.229 e. The Hall–Kier alpha value is -0.610. The molecule has 1 saturated carbocycles. The van der Waals surface area contributed by atoms with Gasteiger partial charge >= 0.3 is 0 Å². The summed E-state index contributed by atoms with van der Waals surface area (Å²) in [7, 11) is 4.10. The second-order valence-electron chi connectivity index (χ2n) is 6.60. The van der Waals surface area contributed by atoms with Crippen LogP contribution in [-0.4, -0.2) is 56.0 Å². The van der Waals surface area contributed by atoms with Crippen LogP contribution in [0, 0.1) is 17.3 Å². The number of likely N-dealkylation sites (tertiary alicyclic amines) is 1. The summed E-state index contributed by atoms with van der Waals surface area (Å²) in [5.41, 5.74) is 5.61. The van der Waals surface area contributed by atoms with E-state index in [9.17, 15) is 4.79 Å². The minimum atomic E-state index is -0.237. The summed E-state index contributed by atoms with van der Waals surface area (Å²) >= 11 is 0. The third-order valence-electron chi connectivity index (χ3n) is 4.69. The second kappa shape index (κ2) is 5.17. The molecule has 0 aromatic rings. The molecule has 2 N–H and O–H groups in total. The zero-order valence-electron chi connectivity index (χ0n) is 12.0. The lowest BCUT2D eigenvalue weighted by Gasteiger charge is -2.46. The molecule has 0 spiro atoms. The highest BCUT2D eigenvalue weighted by Crippen LogP contribution is 2.45. The SMILES string of the molecule is CC1CC(CN)(C(=O)N(C)CC2CCN(C)C2)C1. The summed E-state index contributed by atoms with van der Waals surface area (Å²) in [4.78, 5) is 16.8. The third-order valence-corrected chi connectivity index (χ3v) is 4.69. The van der Waals surface area contributed by atoms with Gasteiger partial charge < -0.3 is 15.5 Å². The van der Waals surface area contributed by atoms with Crippen LogP contribution >= 0.6 is 0 Å². The Morgan fingerprint density at radius 1 is 1.50 bits per heavy atom. The summed E-state index contributed by atoms with van der Waals surface area (Å²) in [6.07, 6.45) is 3.15. The van der Waals surface area contributed by atoms with E-state index in [4.69, 9.17) is 5.73 Å². The molecule has 1 amide bonds. The van der Waals surface area contributed by atoms with Gasteiger partial charge in [-0.25, -0.2) is 0 Å². The third kappa shape index (κ3) is 2.54. The number of rotatable bonds is 4. The average molecular weight is 253 g/mol. The van der Waals surface area contributed by atoms with Crippen molar-refractivity contribution < 1.29 is 4.79 Å². The topological polar surface area (TPSA) is 49.6 Å². The highest BCUT2D eigenvalue weighted by molar-refractivity contribution is 5.83. The minimum absolute atomic E-state index is 0.237. The van der Waals surface area contributed by atoms with Crippen LogP contribution in [0.3, 0.4) is 0 Å². The van der Waals surface area contributed by atoms with E-state index >= 15 is 0 Å². The van der Waals surface area contributed by atoms with Crippen molar-refractivity contribution in [1.29, 1.82) is 0 Å². The maximum absolute atomic E-state index is 12.5. The molecule has 1 heterocycles. The van der Waals surface area contributed by atoms with Crippen LogP contribution in [0.4, 0.5) is 0 Å². The summed E-state index contributed by atoms with van der Waals surface area (Å²) in [5.74, 6) is 1.57. The molecular formula is C14H27N3O. The van der Waals surface area contributed by atoms with Crippen LogP contribution in [-0.2, 0) is 4.79 Å². The van der Waals surface area contributed by atoms with Crippen molar-refractivity contribution in [2.75, 3.05) is 40.3 Å². The molecule has 18 heavy (non-hydrogen) atoms. The van der Waals surface area contributed by atoms with Gasteiger partial charge in [-0.3, -0.25) is 4.79 Å². The molecule has 104 valence electrons. The van der Waals surface area contributed by atoms with Crippen molar-refractivity contribution in [2.45, 2.75) is 26.2 Å². The van der Waals surface area contributed by atoms with Gasteiger partial charge in [-0.15, -0.1) is 0 Å². The van der Waals surface area contributed by atoms with Gasteiger partial charge in [0.2, 0.25) is 5.91 Å². The van der Waals surface area contributed by atoms with Gasteiger partial charge in [0.05, 0.1) is 5.41 Å². The maximum atomic E-state index is 12.5. The van der Waals surface area contributed by atoms with Gasteiger partial charge in [0, 0.05) is 26.7 Å². The number of hydrogen-bond donors (Lipinski definition) is 1. The maximum Gasteiger partial charge on any atom is 0.229 e. The summed E-state index contributed by atoms with van der Waals surface area (Å²) in [5, 5.41) is 0. The van der Waals surface area contributed by atoms with Gasteiger partial charge in [-0.05, 0) is 44.7 Å². The molecule has 1 unspecified atom stereocenters. The van der Waals surface area contributed by atoms with E-state index in [0.717, 1.165) is 32.5 Å². The molecule has 1 atom stereocenters. The number of carbonyl (C=O) groups is 1. The summed E-state index contributed by atoms with van der Waals surface area (Å²) in [6, 6.07) is 0. The van der Waals surface area contributed by atoms with Gasteiger partial charge in [-0.1, -0.05) is 6.92 Å². The minimum Gasteiger partial charge on any atom is -0.345 e. The zero-order chi connectivity index (χ0) is 13.3. The first kappa shape index (κ1) is 13.8. The fourth-order valence-electron chi connectivity index (χ4n) is 3.75. The molecule has 1 saturated heterocycles. The van der Waals surface area contributed by atoms with Crippen LogP contribution in [0.15, 0.2) is 0 Å². The van der Waals surface area contributed by atoms with Crippen LogP contribution in [0.5, 0.6) is 0 Å². The van der Waals surface area contributed by atoms with Crippen molar-refractivity contribution >= 4 is 5.91 Å². The number of hydrogen-bond acceptors (Lipinski definition) is 3. The number of nitrogens with two attached hydrogens (primary N) is 1. The zero-order valence-corrected chi connectivity index (χ0v) is 12.0. The van der Waals surface area contributed by atoms with Crippen molar-refractivity contribution in [3.63, 3.8) is 0 Å². The quantitative estimate of drug-likeness (QED) is 0.805. The van der Waals surface area contributed by atoms with E-state index < -0.39 is 0 Å². The van der Waals surface area contributed by atoms with Crippen LogP contribution in [0.25, 0.3) is 0 Å². The van der Waals surface area contributed by atoms with Crippen molar-refractivity contribution in [3.05, 3.63) is 0 Å². The summed E-state index contributed by atoms with van der Waals surface area (Å²) < 4.78 is 0. The molecule has 2 aliphatic rings. The fraction of sp³-hybridized carbons (Fsp3) is 0.929. The molecule has 2 rings (SSSR count). The predicted octanol–water partition coefficient (Wildman–Crippen LogP) is 0.772. The molecule has 4 heteroatoms. The lowest BCUT2D eigenvalue weighted by molar-refractivity contribution is -0.148. The van der Waals surface area contributed by atoms with Crippen molar-refractivity contribution in [2.24, 2.45) is 23.0 Å². The van der Waals surface area contributed by atoms with E-state index in [1.807, 2.05) is 11.9 Å². The molecule has 1 aliphatic heterocycles. The fourth-order valence-corrected chi connectivity index (χ4v) is 3.75. The Labute approximate surface area is 110 Å². The largest absolute Gasteiger partial charge is 0.345 e. The first-order valence-electron chi connectivity index (χ1n) is 7.11. The van der Waals surface area contributed by atoms with E-state index in [2.05, 4.69) is 18.9 Å². The number of carbonyl (C=O) groups excluding carboxylic acids is 1. The highest BCUT2D eigenvalue weighted by Gasteiger charge is 2.48. The second-order valence-corrected chi connectivity index (χ2v) is 6.60. The highest BCUT2D eigenvalue weighted by atomic mass is 16.2. The van der Waals surface area contributed by atoms with Gasteiger partial charge in [0.1, 0.15) is 0 Å². The van der Waals surface area contributed by atoms with E-state index in [0.29, 0.717) is 18.4 Å². The molecule has 2 fully saturated rings. The molecule has 0 bridgehead atoms. The average Bonchev–Trinajstić information content (AvgIpc) is 2.69. The lowest BCUT2D eigenvalue weighted by atomic mass is 9.62. The molecular weight excluding hydrogens is 226 g/mol. The Morgan fingerprint density at radius 2 is 2.17 bits per heavy atom. The first-order valence-corrected chi connectivity index (χ1v) is 7.11. The number of nitrogens with zero attached hydrogens (tertiary/aromatic N) is 2. The predicted molar refractivity (Wildman–Crippen MR) is 73.1 cm³/mol. The van der Waals surface area contributed by atoms with Crippen LogP contribution < -0.4 is 5.73 Å². The van der Waals surface area contributed by atoms with E-state index in [1.54, 1.807) is 0 Å². The van der Waals surface area contributed by atoms with Crippen molar-refractivity contribution in [3.8, 4) is 0 Å². The Kier molecular flexibility index (Phi) is 3.97. The molecule has 0 aromatic heterocycles. The van der Waals surface area contributed by atoms with E-state index in [-0.39, 0.29) is 11.3 Å². The normalized spacial score (nSPS) is 36.4. The van der Waals surface area contributed by atoms with Crippen molar-refractivity contribution in [1.82, 2.24) is 9.80 Å². The molecule has 0 radical (unpaired) electrons. The van der Waals surface area contributed by atoms with E-state index in [1.165, 1.54) is 6.42 Å². The van der Waals surface area contributed by atoms with Gasteiger partial charge in [0.25, 0.3) is 0 Å². The molecule has 4 nitrogen and oxygen atoms in total. The number of amides is 1. The monoisotopic (exact) mass is 253 g/mol. The van der Waals surface area contributed by atoms with Gasteiger partial charge in [0.15, 0.2) is 0 Å². The lowest BCUT2D eigenvalue weighted by Crippen LogP contribution is -2.54. The Morgan fingerprint density at radius 3 is 2.61 bits per heavy atom. The Balaban J connectivity index is 1.88. The van der Waals surface area contributed by atoms with Crippen LogP contribution in [0.2, 0.25) is 0 Å². The standard InChI is InChI=1S/C14H27N3O/c1-11-6-14(7-11,10-15)13(18)17(3)9-12-4-5-16(2)8-12/h11-12H,4-10,15H2,1-3H3. The van der Waals surface area contributed by atoms with Crippen LogP contribution in [0.1, 0.15) is 26.2 Å². The molecule has 1 aliphatic carbocycles.